The first-order valence-electron chi connectivity index (χ1n) is 14.9. The van der Waals surface area contributed by atoms with Gasteiger partial charge in [0.1, 0.15) is 11.6 Å². The lowest BCUT2D eigenvalue weighted by atomic mass is 10.0. The summed E-state index contributed by atoms with van der Waals surface area (Å²) in [5.74, 6) is 2.06. The van der Waals surface area contributed by atoms with Gasteiger partial charge in [0, 0.05) is 11.4 Å². The number of para-hydroxylation sites is 6. The number of anilines is 6. The van der Waals surface area contributed by atoms with Crippen LogP contribution in [0.1, 0.15) is 11.1 Å². The number of fused-ring (bicyclic) bond motifs is 2. The maximum Gasteiger partial charge on any atom is 0.116 e. The molecule has 44 heavy (non-hydrogen) atoms. The van der Waals surface area contributed by atoms with Crippen LogP contribution in [-0.4, -0.2) is 0 Å². The molecule has 4 heteroatoms. The van der Waals surface area contributed by atoms with Crippen molar-refractivity contribution in [2.75, 3.05) is 20.4 Å². The Balaban J connectivity index is 1.13. The van der Waals surface area contributed by atoms with Gasteiger partial charge in [-0.3, -0.25) is 9.80 Å². The molecular formula is C40H30N4. The fourth-order valence-corrected chi connectivity index (χ4v) is 6.04. The molecule has 2 aliphatic rings. The Morgan fingerprint density at radius 1 is 0.386 bits per heavy atom. The van der Waals surface area contributed by atoms with Crippen molar-refractivity contribution in [2.24, 2.45) is 0 Å². The summed E-state index contributed by atoms with van der Waals surface area (Å²) in [5, 5.41) is 7.27. The summed E-state index contributed by atoms with van der Waals surface area (Å²) in [6.45, 7) is 0. The van der Waals surface area contributed by atoms with E-state index in [1.54, 1.807) is 0 Å². The van der Waals surface area contributed by atoms with Gasteiger partial charge in [-0.25, -0.2) is 0 Å². The highest BCUT2D eigenvalue weighted by Gasteiger charge is 2.26. The molecule has 0 unspecified atom stereocenters. The van der Waals surface area contributed by atoms with Crippen molar-refractivity contribution in [1.82, 2.24) is 0 Å². The lowest BCUT2D eigenvalue weighted by Gasteiger charge is -2.20. The van der Waals surface area contributed by atoms with E-state index in [1.165, 1.54) is 11.1 Å². The smallest absolute Gasteiger partial charge is 0.116 e. The second kappa shape index (κ2) is 11.0. The minimum absolute atomic E-state index is 1.03. The maximum atomic E-state index is 3.63. The van der Waals surface area contributed by atoms with Crippen LogP contribution in [0, 0.1) is 0 Å². The van der Waals surface area contributed by atoms with Gasteiger partial charge < -0.3 is 10.6 Å². The van der Waals surface area contributed by atoms with E-state index in [9.17, 15) is 0 Å². The molecule has 210 valence electrons. The Kier molecular flexibility index (Phi) is 6.43. The summed E-state index contributed by atoms with van der Waals surface area (Å²) < 4.78 is 0. The summed E-state index contributed by atoms with van der Waals surface area (Å²) >= 11 is 0. The Morgan fingerprint density at radius 2 is 0.795 bits per heavy atom. The van der Waals surface area contributed by atoms with Crippen LogP contribution in [0.4, 0.5) is 34.1 Å². The van der Waals surface area contributed by atoms with Gasteiger partial charge in [-0.1, -0.05) is 97.1 Å². The van der Waals surface area contributed by atoms with Gasteiger partial charge in [0.2, 0.25) is 0 Å². The minimum atomic E-state index is 1.03. The zero-order valence-corrected chi connectivity index (χ0v) is 24.1. The van der Waals surface area contributed by atoms with Gasteiger partial charge in [-0.2, -0.15) is 0 Å². The summed E-state index contributed by atoms with van der Waals surface area (Å²) in [7, 11) is 0. The van der Waals surface area contributed by atoms with Crippen molar-refractivity contribution < 1.29 is 0 Å². The summed E-state index contributed by atoms with van der Waals surface area (Å²) in [5.41, 5.74) is 11.4. The Hall–Kier alpha value is -6.00. The molecule has 0 radical (unpaired) electrons. The van der Waals surface area contributed by atoms with Crippen molar-refractivity contribution in [3.63, 3.8) is 0 Å². The average molecular weight is 567 g/mol. The molecule has 0 amide bonds. The van der Waals surface area contributed by atoms with Crippen LogP contribution in [0.15, 0.2) is 169 Å². The fraction of sp³-hybridized carbons (Fsp3) is 0. The third-order valence-corrected chi connectivity index (χ3v) is 8.04. The molecule has 0 bridgehead atoms. The third-order valence-electron chi connectivity index (χ3n) is 8.04. The van der Waals surface area contributed by atoms with E-state index >= 15 is 0 Å². The van der Waals surface area contributed by atoms with Crippen molar-refractivity contribution in [3.8, 4) is 11.1 Å². The largest absolute Gasteiger partial charge is 0.340 e. The molecule has 2 heterocycles. The van der Waals surface area contributed by atoms with E-state index in [0.717, 1.165) is 56.9 Å². The van der Waals surface area contributed by atoms with Crippen LogP contribution < -0.4 is 20.4 Å². The molecule has 2 aliphatic heterocycles. The maximum absolute atomic E-state index is 3.63. The van der Waals surface area contributed by atoms with E-state index in [1.807, 2.05) is 0 Å². The van der Waals surface area contributed by atoms with Crippen molar-refractivity contribution in [3.05, 3.63) is 180 Å². The number of nitrogens with zero attached hydrogens (tertiary/aromatic N) is 2. The van der Waals surface area contributed by atoms with Crippen LogP contribution in [0.2, 0.25) is 0 Å². The van der Waals surface area contributed by atoms with Gasteiger partial charge in [0.05, 0.1) is 22.7 Å². The van der Waals surface area contributed by atoms with Crippen LogP contribution in [-0.2, 0) is 0 Å². The van der Waals surface area contributed by atoms with Crippen molar-refractivity contribution in [1.29, 1.82) is 0 Å². The second-order valence-corrected chi connectivity index (χ2v) is 10.9. The number of hydrogen-bond donors (Lipinski definition) is 2. The highest BCUT2D eigenvalue weighted by Crippen LogP contribution is 2.43. The molecular weight excluding hydrogens is 536 g/mol. The third kappa shape index (κ3) is 4.79. The van der Waals surface area contributed by atoms with E-state index in [2.05, 4.69) is 190 Å². The van der Waals surface area contributed by atoms with Crippen LogP contribution >= 0.6 is 0 Å². The predicted molar refractivity (Wildman–Crippen MR) is 185 cm³/mol. The molecule has 0 saturated heterocycles. The average Bonchev–Trinajstić information content (AvgIpc) is 3.63. The van der Waals surface area contributed by atoms with Crippen molar-refractivity contribution >= 4 is 46.3 Å². The molecule has 0 spiro atoms. The topological polar surface area (TPSA) is 30.5 Å². The summed E-state index contributed by atoms with van der Waals surface area (Å²) in [4.78, 5) is 4.56. The summed E-state index contributed by atoms with van der Waals surface area (Å²) in [6, 6.07) is 55.3. The highest BCUT2D eigenvalue weighted by atomic mass is 15.3. The zero-order valence-electron chi connectivity index (χ0n) is 24.1. The molecule has 0 aromatic heterocycles. The Morgan fingerprint density at radius 3 is 1.25 bits per heavy atom. The molecule has 0 aliphatic carbocycles. The predicted octanol–water partition coefficient (Wildman–Crippen LogP) is 10.5. The van der Waals surface area contributed by atoms with Gasteiger partial charge >= 0.3 is 0 Å². The van der Waals surface area contributed by atoms with E-state index in [-0.39, 0.29) is 0 Å². The van der Waals surface area contributed by atoms with Crippen LogP contribution in [0.25, 0.3) is 23.3 Å². The fourth-order valence-electron chi connectivity index (χ4n) is 6.04. The molecule has 6 aromatic rings. The normalized spacial score (nSPS) is 15.2. The SMILES string of the molecule is C(=C1Nc2ccccc2N1c1ccccc1)c1cccc(-c2cccc(C=C3Nc4ccccc4N3c3ccccc3)c2)c1. The van der Waals surface area contributed by atoms with Crippen LogP contribution in [0.5, 0.6) is 0 Å². The van der Waals surface area contributed by atoms with Gasteiger partial charge in [0.15, 0.2) is 0 Å². The lowest BCUT2D eigenvalue weighted by molar-refractivity contribution is 1.24. The first-order chi connectivity index (χ1) is 21.8. The summed E-state index contributed by atoms with van der Waals surface area (Å²) in [6.07, 6.45) is 4.44. The first-order valence-corrected chi connectivity index (χ1v) is 14.9. The number of hydrogen-bond acceptors (Lipinski definition) is 4. The number of benzene rings is 6. The van der Waals surface area contributed by atoms with Gasteiger partial charge in [-0.15, -0.1) is 0 Å². The van der Waals surface area contributed by atoms with Crippen LogP contribution in [0.3, 0.4) is 0 Å². The zero-order chi connectivity index (χ0) is 29.3. The lowest BCUT2D eigenvalue weighted by Crippen LogP contribution is -2.14. The highest BCUT2D eigenvalue weighted by molar-refractivity contribution is 5.91. The van der Waals surface area contributed by atoms with E-state index in [4.69, 9.17) is 0 Å². The molecule has 0 fully saturated rings. The quantitative estimate of drug-likeness (QED) is 0.217. The first kappa shape index (κ1) is 25.7. The molecule has 0 saturated carbocycles. The number of rotatable bonds is 5. The van der Waals surface area contributed by atoms with E-state index < -0.39 is 0 Å². The molecule has 8 rings (SSSR count). The molecule has 2 N–H and O–H groups in total. The monoisotopic (exact) mass is 566 g/mol. The molecule has 0 atom stereocenters. The standard InChI is InChI=1S/C40H30N4/c1-3-17-33(18-4-1)43-37-23-9-7-21-35(37)41-39(43)27-29-13-11-15-31(25-29)32-16-12-14-30(26-32)28-40-42-36-22-8-10-24-38(36)44(40)34-19-5-2-6-20-34/h1-28,41-42H. The van der Waals surface area contributed by atoms with E-state index in [0.29, 0.717) is 0 Å². The second-order valence-electron chi connectivity index (χ2n) is 10.9. The van der Waals surface area contributed by atoms with Gasteiger partial charge in [0.25, 0.3) is 0 Å². The number of nitrogens with one attached hydrogen (secondary N) is 2. The minimum Gasteiger partial charge on any atom is -0.340 e. The Bertz CT molecular complexity index is 1880. The van der Waals surface area contributed by atoms with Crippen molar-refractivity contribution in [2.45, 2.75) is 0 Å². The Labute approximate surface area is 257 Å². The van der Waals surface area contributed by atoms with Gasteiger partial charge in [-0.05, 0) is 95.1 Å². The molecule has 6 aromatic carbocycles. The molecule has 4 nitrogen and oxygen atoms in total.